The van der Waals surface area contributed by atoms with Gasteiger partial charge in [-0.1, -0.05) is 0 Å². The number of rotatable bonds is 7. The van der Waals surface area contributed by atoms with Gasteiger partial charge in [0.15, 0.2) is 0 Å². The van der Waals surface area contributed by atoms with Crippen LogP contribution < -0.4 is 19.7 Å². The van der Waals surface area contributed by atoms with E-state index in [0.29, 0.717) is 0 Å². The van der Waals surface area contributed by atoms with Crippen molar-refractivity contribution in [3.05, 3.63) is 36.2 Å². The molecule has 2 heterocycles. The second-order valence-corrected chi connectivity index (χ2v) is 6.16. The topological polar surface area (TPSA) is 59.5 Å². The molecule has 0 aliphatic carbocycles. The maximum absolute atomic E-state index is 5.43. The normalized spacial score (nSPS) is 14.2. The van der Waals surface area contributed by atoms with Crippen molar-refractivity contribution in [2.75, 3.05) is 44.1 Å². The quantitative estimate of drug-likeness (QED) is 0.834. The maximum atomic E-state index is 5.43. The van der Waals surface area contributed by atoms with Gasteiger partial charge in [0.05, 0.1) is 14.2 Å². The summed E-state index contributed by atoms with van der Waals surface area (Å²) in [6.07, 6.45) is 6.25. The number of benzene rings is 1. The second-order valence-electron chi connectivity index (χ2n) is 6.16. The molecule has 1 aliphatic heterocycles. The molecule has 1 aliphatic rings. The van der Waals surface area contributed by atoms with Crippen molar-refractivity contribution in [2.45, 2.75) is 25.7 Å². The molecule has 0 saturated carbocycles. The Morgan fingerprint density at radius 3 is 2.64 bits per heavy atom. The molecule has 0 spiro atoms. The van der Waals surface area contributed by atoms with Crippen LogP contribution in [0.5, 0.6) is 11.5 Å². The summed E-state index contributed by atoms with van der Waals surface area (Å²) in [4.78, 5) is 11.1. The van der Waals surface area contributed by atoms with Crippen LogP contribution >= 0.6 is 0 Å². The Morgan fingerprint density at radius 1 is 1.04 bits per heavy atom. The summed E-state index contributed by atoms with van der Waals surface area (Å²) < 4.78 is 10.7. The molecule has 1 N–H and O–H groups in total. The zero-order valence-corrected chi connectivity index (χ0v) is 15.0. The van der Waals surface area contributed by atoms with Crippen LogP contribution in [0.1, 0.15) is 24.8 Å². The molecule has 1 fully saturated rings. The van der Waals surface area contributed by atoms with E-state index in [-0.39, 0.29) is 0 Å². The molecule has 1 saturated heterocycles. The lowest BCUT2D eigenvalue weighted by atomic mass is 10.1. The molecular weight excluding hydrogens is 316 g/mol. The summed E-state index contributed by atoms with van der Waals surface area (Å²) in [5, 5.41) is 3.39. The smallest absolute Gasteiger partial charge is 0.134 e. The molecule has 0 atom stereocenters. The third-order valence-electron chi connectivity index (χ3n) is 4.52. The highest BCUT2D eigenvalue weighted by atomic mass is 16.5. The van der Waals surface area contributed by atoms with E-state index >= 15 is 0 Å². The minimum Gasteiger partial charge on any atom is -0.497 e. The maximum Gasteiger partial charge on any atom is 0.134 e. The first-order valence-corrected chi connectivity index (χ1v) is 8.82. The largest absolute Gasteiger partial charge is 0.497 e. The van der Waals surface area contributed by atoms with Gasteiger partial charge in [0, 0.05) is 25.7 Å². The number of hydrogen-bond donors (Lipinski definition) is 1. The SMILES string of the molecule is COc1ccc(OC)c(CCNc2cc(N3CCCCC3)ncn2)c1. The number of methoxy groups -OCH3 is 2. The molecule has 0 amide bonds. The molecule has 0 radical (unpaired) electrons. The van der Waals surface area contributed by atoms with E-state index in [1.807, 2.05) is 24.3 Å². The number of aromatic nitrogens is 2. The van der Waals surface area contributed by atoms with E-state index in [2.05, 4.69) is 20.2 Å². The summed E-state index contributed by atoms with van der Waals surface area (Å²) in [7, 11) is 3.36. The van der Waals surface area contributed by atoms with E-state index in [1.165, 1.54) is 19.3 Å². The van der Waals surface area contributed by atoms with Crippen LogP contribution in [-0.2, 0) is 6.42 Å². The van der Waals surface area contributed by atoms with Gasteiger partial charge in [-0.05, 0) is 49.4 Å². The lowest BCUT2D eigenvalue weighted by Gasteiger charge is -2.27. The zero-order chi connectivity index (χ0) is 17.5. The molecule has 134 valence electrons. The molecule has 0 unspecified atom stereocenters. The molecule has 6 nitrogen and oxygen atoms in total. The van der Waals surface area contributed by atoms with Crippen molar-refractivity contribution in [1.29, 1.82) is 0 Å². The number of nitrogens with zero attached hydrogens (tertiary/aromatic N) is 3. The van der Waals surface area contributed by atoms with Crippen LogP contribution in [0.15, 0.2) is 30.6 Å². The number of ether oxygens (including phenoxy) is 2. The lowest BCUT2D eigenvalue weighted by Crippen LogP contribution is -2.30. The number of hydrogen-bond acceptors (Lipinski definition) is 6. The van der Waals surface area contributed by atoms with E-state index < -0.39 is 0 Å². The first kappa shape index (κ1) is 17.3. The minimum atomic E-state index is 0.764. The second kappa shape index (κ2) is 8.55. The van der Waals surface area contributed by atoms with Gasteiger partial charge in [0.25, 0.3) is 0 Å². The van der Waals surface area contributed by atoms with Gasteiger partial charge in [-0.2, -0.15) is 0 Å². The molecule has 1 aromatic heterocycles. The summed E-state index contributed by atoms with van der Waals surface area (Å²) in [5.74, 6) is 3.58. The summed E-state index contributed by atoms with van der Waals surface area (Å²) >= 11 is 0. The van der Waals surface area contributed by atoms with Crippen molar-refractivity contribution in [3.8, 4) is 11.5 Å². The van der Waals surface area contributed by atoms with Crippen LogP contribution in [0.3, 0.4) is 0 Å². The fourth-order valence-electron chi connectivity index (χ4n) is 3.14. The van der Waals surface area contributed by atoms with Gasteiger partial charge in [-0.25, -0.2) is 9.97 Å². The Kier molecular flexibility index (Phi) is 5.93. The standard InChI is InChI=1S/C19H26N4O2/c1-24-16-6-7-17(25-2)15(12-16)8-9-20-18-13-19(22-14-21-18)23-10-4-3-5-11-23/h6-7,12-14H,3-5,8-11H2,1-2H3,(H,20,21,22). The van der Waals surface area contributed by atoms with E-state index in [9.17, 15) is 0 Å². The first-order chi connectivity index (χ1) is 12.3. The molecule has 25 heavy (non-hydrogen) atoms. The van der Waals surface area contributed by atoms with Gasteiger partial charge in [-0.3, -0.25) is 0 Å². The predicted molar refractivity (Wildman–Crippen MR) is 99.8 cm³/mol. The Bertz CT molecular complexity index is 687. The fourth-order valence-corrected chi connectivity index (χ4v) is 3.14. The molecule has 2 aromatic rings. The van der Waals surface area contributed by atoms with Crippen molar-refractivity contribution in [2.24, 2.45) is 0 Å². The Balaban J connectivity index is 1.60. The van der Waals surface area contributed by atoms with Gasteiger partial charge in [0.1, 0.15) is 29.5 Å². The van der Waals surface area contributed by atoms with Gasteiger partial charge in [0.2, 0.25) is 0 Å². The summed E-state index contributed by atoms with van der Waals surface area (Å²) in [6.45, 7) is 2.93. The van der Waals surface area contributed by atoms with E-state index in [0.717, 1.165) is 54.8 Å². The van der Waals surface area contributed by atoms with Crippen LogP contribution in [0, 0.1) is 0 Å². The summed E-state index contributed by atoms with van der Waals surface area (Å²) in [5.41, 5.74) is 1.11. The van der Waals surface area contributed by atoms with Gasteiger partial charge in [-0.15, -0.1) is 0 Å². The first-order valence-electron chi connectivity index (χ1n) is 8.82. The molecule has 1 aromatic carbocycles. The molecule has 6 heteroatoms. The Morgan fingerprint density at radius 2 is 1.88 bits per heavy atom. The highest BCUT2D eigenvalue weighted by Crippen LogP contribution is 2.24. The van der Waals surface area contributed by atoms with Gasteiger partial charge < -0.3 is 19.7 Å². The number of nitrogens with one attached hydrogen (secondary N) is 1. The van der Waals surface area contributed by atoms with Crippen molar-refractivity contribution >= 4 is 11.6 Å². The van der Waals surface area contributed by atoms with Crippen LogP contribution in [-0.4, -0.2) is 43.8 Å². The minimum absolute atomic E-state index is 0.764. The van der Waals surface area contributed by atoms with Crippen molar-refractivity contribution < 1.29 is 9.47 Å². The van der Waals surface area contributed by atoms with Crippen LogP contribution in [0.2, 0.25) is 0 Å². The Labute approximate surface area is 149 Å². The highest BCUT2D eigenvalue weighted by Gasteiger charge is 2.12. The van der Waals surface area contributed by atoms with Gasteiger partial charge >= 0.3 is 0 Å². The third-order valence-corrected chi connectivity index (χ3v) is 4.52. The lowest BCUT2D eigenvalue weighted by molar-refractivity contribution is 0.399. The van der Waals surface area contributed by atoms with Crippen molar-refractivity contribution in [1.82, 2.24) is 9.97 Å². The summed E-state index contributed by atoms with van der Waals surface area (Å²) in [6, 6.07) is 7.90. The van der Waals surface area contributed by atoms with Crippen LogP contribution in [0.25, 0.3) is 0 Å². The average Bonchev–Trinajstić information content (AvgIpc) is 2.69. The fraction of sp³-hybridized carbons (Fsp3) is 0.474. The average molecular weight is 342 g/mol. The number of anilines is 2. The van der Waals surface area contributed by atoms with Crippen LogP contribution in [0.4, 0.5) is 11.6 Å². The third kappa shape index (κ3) is 4.53. The monoisotopic (exact) mass is 342 g/mol. The van der Waals surface area contributed by atoms with E-state index in [4.69, 9.17) is 9.47 Å². The molecular formula is C19H26N4O2. The Hall–Kier alpha value is -2.50. The number of piperidine rings is 1. The predicted octanol–water partition coefficient (Wildman–Crippen LogP) is 3.14. The van der Waals surface area contributed by atoms with E-state index in [1.54, 1.807) is 20.5 Å². The molecule has 3 rings (SSSR count). The zero-order valence-electron chi connectivity index (χ0n) is 15.0. The molecule has 0 bridgehead atoms. The van der Waals surface area contributed by atoms with Crippen molar-refractivity contribution in [3.63, 3.8) is 0 Å². The highest BCUT2D eigenvalue weighted by molar-refractivity contribution is 5.49.